The molecule has 124 valence electrons. The second-order valence-corrected chi connectivity index (χ2v) is 7.11. The number of hydrogen-bond donors (Lipinski definition) is 1. The van der Waals surface area contributed by atoms with Crippen LogP contribution >= 0.6 is 11.3 Å². The highest BCUT2D eigenvalue weighted by Crippen LogP contribution is 2.30. The first-order valence-electron chi connectivity index (χ1n) is 7.87. The average molecular weight is 336 g/mol. The van der Waals surface area contributed by atoms with E-state index in [2.05, 4.69) is 10.1 Å². The van der Waals surface area contributed by atoms with Crippen LogP contribution in [0.5, 0.6) is 0 Å². The van der Waals surface area contributed by atoms with E-state index in [1.54, 1.807) is 12.1 Å². The molecule has 6 nitrogen and oxygen atoms in total. The zero-order valence-corrected chi connectivity index (χ0v) is 13.9. The molecule has 2 aliphatic rings. The molecular formula is C16H20N2O4S. The third-order valence-electron chi connectivity index (χ3n) is 4.53. The quantitative estimate of drug-likeness (QED) is 0.856. The van der Waals surface area contributed by atoms with Gasteiger partial charge in [-0.15, -0.1) is 11.3 Å². The van der Waals surface area contributed by atoms with Crippen LogP contribution in [0, 0.1) is 5.92 Å². The molecule has 1 aromatic rings. The lowest BCUT2D eigenvalue weighted by Gasteiger charge is -2.23. The standard InChI is InChI=1S/C16H20N2O4S/c1-22-16(21)12-6-7-13(23-12)17-15(20)10-8-14(19)18(9-10)11-4-2-3-5-11/h6-7,10-11H,2-5,8-9H2,1H3,(H,17,20). The van der Waals surface area contributed by atoms with Crippen LogP contribution in [-0.4, -0.2) is 42.4 Å². The summed E-state index contributed by atoms with van der Waals surface area (Å²) in [5.74, 6) is -0.804. The van der Waals surface area contributed by atoms with Crippen LogP contribution in [0.25, 0.3) is 0 Å². The fraction of sp³-hybridized carbons (Fsp3) is 0.562. The Balaban J connectivity index is 1.59. The van der Waals surface area contributed by atoms with E-state index in [0.29, 0.717) is 22.5 Å². The molecule has 1 aliphatic carbocycles. The van der Waals surface area contributed by atoms with E-state index in [4.69, 9.17) is 0 Å². The van der Waals surface area contributed by atoms with Gasteiger partial charge in [0, 0.05) is 19.0 Å². The first kappa shape index (κ1) is 16.0. The molecule has 23 heavy (non-hydrogen) atoms. The normalized spacial score (nSPS) is 21.7. The molecule has 1 unspecified atom stereocenters. The molecule has 1 aromatic heterocycles. The molecule has 1 aliphatic heterocycles. The van der Waals surface area contributed by atoms with Crippen LogP contribution in [0.4, 0.5) is 5.00 Å². The van der Waals surface area contributed by atoms with Gasteiger partial charge in [-0.1, -0.05) is 12.8 Å². The van der Waals surface area contributed by atoms with Gasteiger partial charge in [-0.2, -0.15) is 0 Å². The van der Waals surface area contributed by atoms with Gasteiger partial charge in [-0.25, -0.2) is 4.79 Å². The van der Waals surface area contributed by atoms with E-state index in [0.717, 1.165) is 25.7 Å². The molecule has 0 spiro atoms. The van der Waals surface area contributed by atoms with Crippen molar-refractivity contribution < 1.29 is 19.1 Å². The lowest BCUT2D eigenvalue weighted by Crippen LogP contribution is -2.35. The number of ether oxygens (including phenoxy) is 1. The van der Waals surface area contributed by atoms with Crippen molar-refractivity contribution in [2.75, 3.05) is 19.0 Å². The minimum atomic E-state index is -0.418. The average Bonchev–Trinajstić information content (AvgIpc) is 3.26. The van der Waals surface area contributed by atoms with E-state index in [-0.39, 0.29) is 24.2 Å². The van der Waals surface area contributed by atoms with Crippen molar-refractivity contribution >= 4 is 34.1 Å². The van der Waals surface area contributed by atoms with Crippen molar-refractivity contribution in [1.29, 1.82) is 0 Å². The minimum absolute atomic E-state index is 0.0819. The molecule has 2 heterocycles. The fourth-order valence-corrected chi connectivity index (χ4v) is 4.14. The predicted molar refractivity (Wildman–Crippen MR) is 86.4 cm³/mol. The molecule has 1 atom stereocenters. The molecule has 1 N–H and O–H groups in total. The first-order chi connectivity index (χ1) is 11.1. The van der Waals surface area contributed by atoms with Crippen molar-refractivity contribution in [3.05, 3.63) is 17.0 Å². The Bertz CT molecular complexity index is 621. The Kier molecular flexibility index (Phi) is 4.66. The number of nitrogens with one attached hydrogen (secondary N) is 1. The maximum absolute atomic E-state index is 12.4. The number of anilines is 1. The fourth-order valence-electron chi connectivity index (χ4n) is 3.31. The molecule has 0 radical (unpaired) electrons. The topological polar surface area (TPSA) is 75.7 Å². The van der Waals surface area contributed by atoms with Crippen LogP contribution < -0.4 is 5.32 Å². The van der Waals surface area contributed by atoms with E-state index >= 15 is 0 Å². The highest BCUT2D eigenvalue weighted by Gasteiger charge is 2.38. The second kappa shape index (κ2) is 6.70. The van der Waals surface area contributed by atoms with Crippen LogP contribution in [0.2, 0.25) is 0 Å². The van der Waals surface area contributed by atoms with Gasteiger partial charge in [0.1, 0.15) is 4.88 Å². The summed E-state index contributed by atoms with van der Waals surface area (Å²) in [7, 11) is 1.32. The zero-order chi connectivity index (χ0) is 16.4. The third kappa shape index (κ3) is 3.39. The van der Waals surface area contributed by atoms with Crippen LogP contribution in [0.1, 0.15) is 41.8 Å². The van der Waals surface area contributed by atoms with E-state index in [1.807, 2.05) is 4.90 Å². The molecule has 0 bridgehead atoms. The summed E-state index contributed by atoms with van der Waals surface area (Å²) in [6.45, 7) is 0.505. The summed E-state index contributed by atoms with van der Waals surface area (Å²) >= 11 is 1.17. The van der Waals surface area contributed by atoms with Gasteiger partial charge in [0.05, 0.1) is 18.0 Å². The van der Waals surface area contributed by atoms with Crippen molar-refractivity contribution in [3.63, 3.8) is 0 Å². The number of nitrogens with zero attached hydrogens (tertiary/aromatic N) is 1. The van der Waals surface area contributed by atoms with Crippen LogP contribution in [0.15, 0.2) is 12.1 Å². The Hall–Kier alpha value is -1.89. The number of esters is 1. The maximum atomic E-state index is 12.4. The summed E-state index contributed by atoms with van der Waals surface area (Å²) in [4.78, 5) is 38.3. The lowest BCUT2D eigenvalue weighted by molar-refractivity contribution is -0.129. The molecule has 1 saturated carbocycles. The molecular weight excluding hydrogens is 316 g/mol. The van der Waals surface area contributed by atoms with Crippen LogP contribution in [-0.2, 0) is 14.3 Å². The number of carbonyl (C=O) groups excluding carboxylic acids is 3. The predicted octanol–water partition coefficient (Wildman–Crippen LogP) is 2.26. The third-order valence-corrected chi connectivity index (χ3v) is 5.51. The number of hydrogen-bond acceptors (Lipinski definition) is 5. The summed E-state index contributed by atoms with van der Waals surface area (Å²) in [5, 5.41) is 3.41. The summed E-state index contributed by atoms with van der Waals surface area (Å²) in [6.07, 6.45) is 4.70. The van der Waals surface area contributed by atoms with Gasteiger partial charge in [0.2, 0.25) is 11.8 Å². The highest BCUT2D eigenvalue weighted by atomic mass is 32.1. The number of likely N-dealkylation sites (tertiary alicyclic amines) is 1. The van der Waals surface area contributed by atoms with E-state index in [9.17, 15) is 14.4 Å². The van der Waals surface area contributed by atoms with Gasteiger partial charge in [-0.3, -0.25) is 9.59 Å². The minimum Gasteiger partial charge on any atom is -0.465 e. The van der Waals surface area contributed by atoms with Crippen LogP contribution in [0.3, 0.4) is 0 Å². The smallest absolute Gasteiger partial charge is 0.348 e. The zero-order valence-electron chi connectivity index (χ0n) is 13.0. The van der Waals surface area contributed by atoms with E-state index in [1.165, 1.54) is 18.4 Å². The maximum Gasteiger partial charge on any atom is 0.348 e. The number of rotatable bonds is 4. The number of amides is 2. The van der Waals surface area contributed by atoms with Gasteiger partial charge >= 0.3 is 5.97 Å². The molecule has 2 amide bonds. The summed E-state index contributed by atoms with van der Waals surface area (Å²) < 4.78 is 4.65. The molecule has 7 heteroatoms. The SMILES string of the molecule is COC(=O)c1ccc(NC(=O)C2CC(=O)N(C3CCCC3)C2)s1. The number of thiophene rings is 1. The molecule has 0 aromatic carbocycles. The van der Waals surface area contributed by atoms with Crippen molar-refractivity contribution in [3.8, 4) is 0 Å². The van der Waals surface area contributed by atoms with Gasteiger partial charge < -0.3 is 15.0 Å². The largest absolute Gasteiger partial charge is 0.465 e. The lowest BCUT2D eigenvalue weighted by atomic mass is 10.1. The Labute approximate surface area is 138 Å². The van der Waals surface area contributed by atoms with Gasteiger partial charge in [-0.05, 0) is 25.0 Å². The molecule has 1 saturated heterocycles. The molecule has 3 rings (SSSR count). The first-order valence-corrected chi connectivity index (χ1v) is 8.68. The van der Waals surface area contributed by atoms with E-state index < -0.39 is 5.97 Å². The Morgan fingerprint density at radius 2 is 2.04 bits per heavy atom. The van der Waals surface area contributed by atoms with Crippen molar-refractivity contribution in [2.24, 2.45) is 5.92 Å². The summed E-state index contributed by atoms with van der Waals surface area (Å²) in [6, 6.07) is 3.62. The molecule has 2 fully saturated rings. The van der Waals surface area contributed by atoms with Crippen molar-refractivity contribution in [2.45, 2.75) is 38.1 Å². The van der Waals surface area contributed by atoms with Gasteiger partial charge in [0.15, 0.2) is 0 Å². The highest BCUT2D eigenvalue weighted by molar-refractivity contribution is 7.18. The second-order valence-electron chi connectivity index (χ2n) is 6.03. The number of methoxy groups -OCH3 is 1. The summed E-state index contributed by atoms with van der Waals surface area (Å²) in [5.41, 5.74) is 0. The van der Waals surface area contributed by atoms with Crippen molar-refractivity contribution in [1.82, 2.24) is 4.90 Å². The Morgan fingerprint density at radius 3 is 2.74 bits per heavy atom. The Morgan fingerprint density at radius 1 is 1.30 bits per heavy atom. The number of carbonyl (C=O) groups is 3. The van der Waals surface area contributed by atoms with Gasteiger partial charge in [0.25, 0.3) is 0 Å². The monoisotopic (exact) mass is 336 g/mol.